The van der Waals surface area contributed by atoms with E-state index in [9.17, 15) is 0 Å². The molecule has 0 saturated heterocycles. The van der Waals surface area contributed by atoms with E-state index in [0.717, 1.165) is 25.9 Å². The summed E-state index contributed by atoms with van der Waals surface area (Å²) in [5, 5.41) is 6.37. The molecule has 0 spiro atoms. The normalized spacial score (nSPS) is 11.2. The van der Waals surface area contributed by atoms with Gasteiger partial charge in [0.1, 0.15) is 0 Å². The van der Waals surface area contributed by atoms with Gasteiger partial charge in [-0.15, -0.1) is 0 Å². The zero-order valence-electron chi connectivity index (χ0n) is 16.2. The molecule has 0 fully saturated rings. The average molecular weight is 366 g/mol. The minimum Gasteiger partial charge on any atom is -0.316 e. The zero-order chi connectivity index (χ0) is 19.0. The first-order valence-corrected chi connectivity index (χ1v) is 10.2. The van der Waals surface area contributed by atoms with Gasteiger partial charge >= 0.3 is 0 Å². The van der Waals surface area contributed by atoms with Gasteiger partial charge in [-0.1, -0.05) is 103 Å². The number of benzene rings is 4. The molecule has 0 amide bonds. The molecule has 4 rings (SSSR count). The van der Waals surface area contributed by atoms with E-state index in [1.807, 2.05) is 0 Å². The van der Waals surface area contributed by atoms with Crippen molar-refractivity contribution < 1.29 is 0 Å². The van der Waals surface area contributed by atoms with Crippen molar-refractivity contribution in [2.24, 2.45) is 0 Å². The Bertz CT molecular complexity index is 947. The third-order valence-corrected chi connectivity index (χ3v) is 5.46. The first-order chi connectivity index (χ1) is 13.9. The molecule has 0 atom stereocenters. The lowest BCUT2D eigenvalue weighted by Crippen LogP contribution is -2.21. The maximum Gasteiger partial charge on any atom is 0.0101 e. The lowest BCUT2D eigenvalue weighted by molar-refractivity contribution is 0.612. The van der Waals surface area contributed by atoms with Crippen molar-refractivity contribution in [2.45, 2.75) is 18.8 Å². The molecule has 28 heavy (non-hydrogen) atoms. The van der Waals surface area contributed by atoms with E-state index in [1.54, 1.807) is 0 Å². The fourth-order valence-corrected chi connectivity index (χ4v) is 4.00. The summed E-state index contributed by atoms with van der Waals surface area (Å²) in [7, 11) is 0. The molecule has 0 heterocycles. The molecular weight excluding hydrogens is 338 g/mol. The molecule has 1 heteroatoms. The van der Waals surface area contributed by atoms with Gasteiger partial charge < -0.3 is 5.32 Å². The summed E-state index contributed by atoms with van der Waals surface area (Å²) in [4.78, 5) is 0. The van der Waals surface area contributed by atoms with Crippen LogP contribution in [-0.4, -0.2) is 13.1 Å². The Morgan fingerprint density at radius 1 is 0.571 bits per heavy atom. The summed E-state index contributed by atoms with van der Waals surface area (Å²) in [6, 6.07) is 37.0. The van der Waals surface area contributed by atoms with Crippen LogP contribution in [0.1, 0.15) is 29.0 Å². The van der Waals surface area contributed by atoms with Gasteiger partial charge in [0.15, 0.2) is 0 Å². The summed E-state index contributed by atoms with van der Waals surface area (Å²) >= 11 is 0. The van der Waals surface area contributed by atoms with Crippen LogP contribution in [0.3, 0.4) is 0 Å². The van der Waals surface area contributed by atoms with Gasteiger partial charge in [-0.05, 0) is 53.4 Å². The SMILES string of the molecule is c1ccc(C(CCNCCc2cccc3ccccc23)c2ccccc2)cc1. The number of nitrogens with one attached hydrogen (secondary N) is 1. The summed E-state index contributed by atoms with van der Waals surface area (Å²) in [5.74, 6) is 0.437. The van der Waals surface area contributed by atoms with Crippen LogP contribution in [0, 0.1) is 0 Å². The second-order valence-corrected chi connectivity index (χ2v) is 7.30. The maximum absolute atomic E-state index is 3.67. The standard InChI is InChI=1S/C27H27N/c1-3-10-22(11-4-1)27(23-12-5-2-6-13-23)19-21-28-20-18-25-16-9-15-24-14-7-8-17-26(24)25/h1-17,27-28H,18-21H2. The van der Waals surface area contributed by atoms with Crippen LogP contribution in [0.5, 0.6) is 0 Å². The summed E-state index contributed by atoms with van der Waals surface area (Å²) in [5.41, 5.74) is 4.21. The van der Waals surface area contributed by atoms with Gasteiger partial charge in [0.2, 0.25) is 0 Å². The Labute approximate surface area is 168 Å². The van der Waals surface area contributed by atoms with Gasteiger partial charge in [0.25, 0.3) is 0 Å². The summed E-state index contributed by atoms with van der Waals surface area (Å²) in [6.45, 7) is 2.02. The second-order valence-electron chi connectivity index (χ2n) is 7.30. The van der Waals surface area contributed by atoms with Crippen LogP contribution >= 0.6 is 0 Å². The minimum atomic E-state index is 0.437. The van der Waals surface area contributed by atoms with Crippen molar-refractivity contribution in [1.82, 2.24) is 5.32 Å². The van der Waals surface area contributed by atoms with Crippen LogP contribution in [0.25, 0.3) is 10.8 Å². The van der Waals surface area contributed by atoms with Gasteiger partial charge in [-0.2, -0.15) is 0 Å². The van der Waals surface area contributed by atoms with E-state index in [0.29, 0.717) is 5.92 Å². The lowest BCUT2D eigenvalue weighted by Gasteiger charge is -2.18. The highest BCUT2D eigenvalue weighted by Gasteiger charge is 2.13. The van der Waals surface area contributed by atoms with E-state index in [4.69, 9.17) is 0 Å². The molecule has 0 aliphatic rings. The van der Waals surface area contributed by atoms with E-state index in [1.165, 1.54) is 27.5 Å². The third-order valence-electron chi connectivity index (χ3n) is 5.46. The number of fused-ring (bicyclic) bond motifs is 1. The maximum atomic E-state index is 3.67. The van der Waals surface area contributed by atoms with Gasteiger partial charge in [-0.3, -0.25) is 0 Å². The van der Waals surface area contributed by atoms with E-state index < -0.39 is 0 Å². The molecule has 4 aromatic rings. The van der Waals surface area contributed by atoms with Crippen LogP contribution in [0.4, 0.5) is 0 Å². The van der Waals surface area contributed by atoms with Crippen molar-refractivity contribution >= 4 is 10.8 Å². The summed E-state index contributed by atoms with van der Waals surface area (Å²) < 4.78 is 0. The van der Waals surface area contributed by atoms with Gasteiger partial charge in [-0.25, -0.2) is 0 Å². The Hall–Kier alpha value is -2.90. The molecule has 4 aromatic carbocycles. The molecule has 0 aromatic heterocycles. The Morgan fingerprint density at radius 3 is 1.89 bits per heavy atom. The van der Waals surface area contributed by atoms with Crippen molar-refractivity contribution in [3.63, 3.8) is 0 Å². The predicted octanol–water partition coefficient (Wildman–Crippen LogP) is 6.19. The van der Waals surface area contributed by atoms with Gasteiger partial charge in [0, 0.05) is 5.92 Å². The van der Waals surface area contributed by atoms with Crippen molar-refractivity contribution in [1.29, 1.82) is 0 Å². The van der Waals surface area contributed by atoms with Crippen LogP contribution < -0.4 is 5.32 Å². The Balaban J connectivity index is 1.36. The summed E-state index contributed by atoms with van der Waals surface area (Å²) in [6.07, 6.45) is 2.16. The largest absolute Gasteiger partial charge is 0.316 e. The number of rotatable bonds is 8. The highest BCUT2D eigenvalue weighted by molar-refractivity contribution is 5.85. The smallest absolute Gasteiger partial charge is 0.0101 e. The van der Waals surface area contributed by atoms with Crippen LogP contribution in [-0.2, 0) is 6.42 Å². The minimum absolute atomic E-state index is 0.437. The Morgan fingerprint density at radius 2 is 1.18 bits per heavy atom. The number of hydrogen-bond acceptors (Lipinski definition) is 1. The highest BCUT2D eigenvalue weighted by Crippen LogP contribution is 2.27. The van der Waals surface area contributed by atoms with Crippen molar-refractivity contribution in [3.05, 3.63) is 120 Å². The second kappa shape index (κ2) is 9.34. The van der Waals surface area contributed by atoms with Crippen molar-refractivity contribution in [2.75, 3.05) is 13.1 Å². The fraction of sp³-hybridized carbons (Fsp3) is 0.185. The van der Waals surface area contributed by atoms with Crippen LogP contribution in [0.15, 0.2) is 103 Å². The molecule has 0 aliphatic heterocycles. The van der Waals surface area contributed by atoms with E-state index in [-0.39, 0.29) is 0 Å². The first kappa shape index (κ1) is 18.5. The molecule has 1 nitrogen and oxygen atoms in total. The topological polar surface area (TPSA) is 12.0 Å². The molecule has 0 unspecified atom stereocenters. The van der Waals surface area contributed by atoms with Crippen LogP contribution in [0.2, 0.25) is 0 Å². The molecule has 140 valence electrons. The van der Waals surface area contributed by atoms with E-state index in [2.05, 4.69) is 108 Å². The zero-order valence-corrected chi connectivity index (χ0v) is 16.2. The molecular formula is C27H27N. The molecule has 0 bridgehead atoms. The highest BCUT2D eigenvalue weighted by atomic mass is 14.8. The lowest BCUT2D eigenvalue weighted by atomic mass is 9.88. The van der Waals surface area contributed by atoms with Crippen molar-refractivity contribution in [3.8, 4) is 0 Å². The third kappa shape index (κ3) is 4.49. The molecule has 0 aliphatic carbocycles. The average Bonchev–Trinajstić information content (AvgIpc) is 2.77. The van der Waals surface area contributed by atoms with Gasteiger partial charge in [0.05, 0.1) is 0 Å². The quantitative estimate of drug-likeness (QED) is 0.367. The molecule has 1 N–H and O–H groups in total. The molecule has 0 saturated carbocycles. The Kier molecular flexibility index (Phi) is 6.16. The molecule has 0 radical (unpaired) electrons. The first-order valence-electron chi connectivity index (χ1n) is 10.2. The number of hydrogen-bond donors (Lipinski definition) is 1. The fourth-order valence-electron chi connectivity index (χ4n) is 4.00. The predicted molar refractivity (Wildman–Crippen MR) is 120 cm³/mol. The monoisotopic (exact) mass is 365 g/mol. The van der Waals surface area contributed by atoms with E-state index >= 15 is 0 Å².